The molecule has 0 fully saturated rings. The lowest BCUT2D eigenvalue weighted by molar-refractivity contribution is 0.0943. The fraction of sp³-hybridized carbons (Fsp3) is 0.455. The van der Waals surface area contributed by atoms with E-state index in [1.807, 2.05) is 19.1 Å². The van der Waals surface area contributed by atoms with Crippen LogP contribution in [-0.4, -0.2) is 57.1 Å². The van der Waals surface area contributed by atoms with Crippen molar-refractivity contribution in [3.8, 4) is 17.1 Å². The molecule has 9 heteroatoms. The van der Waals surface area contributed by atoms with Crippen LogP contribution in [0, 0.1) is 0 Å². The van der Waals surface area contributed by atoms with Crippen LogP contribution in [0.2, 0.25) is 0 Å². The highest BCUT2D eigenvalue weighted by Crippen LogP contribution is 2.22. The number of anilines is 1. The first-order valence-electron chi connectivity index (χ1n) is 10.3. The van der Waals surface area contributed by atoms with E-state index in [2.05, 4.69) is 20.3 Å². The van der Waals surface area contributed by atoms with Gasteiger partial charge in [-0.05, 0) is 32.4 Å². The lowest BCUT2D eigenvalue weighted by Gasteiger charge is -2.19. The van der Waals surface area contributed by atoms with Crippen LogP contribution in [0.15, 0.2) is 35.4 Å². The van der Waals surface area contributed by atoms with Gasteiger partial charge in [0.15, 0.2) is 5.82 Å². The van der Waals surface area contributed by atoms with Gasteiger partial charge in [-0.25, -0.2) is 9.97 Å². The molecular weight excluding hydrogens is 398 g/mol. The summed E-state index contributed by atoms with van der Waals surface area (Å²) in [5, 5.41) is 13.0. The second-order valence-electron chi connectivity index (χ2n) is 7.84. The summed E-state index contributed by atoms with van der Waals surface area (Å²) in [6, 6.07) is 5.45. The zero-order chi connectivity index (χ0) is 22.4. The molecule has 0 saturated heterocycles. The van der Waals surface area contributed by atoms with E-state index in [9.17, 15) is 9.90 Å². The number of methoxy groups -OCH3 is 1. The average Bonchev–Trinajstić information content (AvgIpc) is 2.76. The van der Waals surface area contributed by atoms with Crippen LogP contribution in [0.5, 0.6) is 5.88 Å². The molecular formula is C22H29N5O4. The van der Waals surface area contributed by atoms with Crippen molar-refractivity contribution in [2.75, 3.05) is 32.2 Å². The molecule has 0 bridgehead atoms. The van der Waals surface area contributed by atoms with Crippen LogP contribution >= 0.6 is 0 Å². The molecule has 0 aliphatic heterocycles. The number of aromatic nitrogens is 4. The molecule has 0 radical (unpaired) electrons. The van der Waals surface area contributed by atoms with Crippen LogP contribution in [0.1, 0.15) is 27.2 Å². The number of nitrogens with one attached hydrogen (secondary N) is 1. The summed E-state index contributed by atoms with van der Waals surface area (Å²) in [6.07, 6.45) is 4.21. The van der Waals surface area contributed by atoms with E-state index in [0.29, 0.717) is 42.4 Å². The molecule has 0 aliphatic carbocycles. The molecule has 3 heterocycles. The van der Waals surface area contributed by atoms with Gasteiger partial charge in [-0.15, -0.1) is 0 Å². The molecule has 0 amide bonds. The summed E-state index contributed by atoms with van der Waals surface area (Å²) < 4.78 is 12.3. The number of pyridine rings is 2. The maximum atomic E-state index is 13.1. The molecule has 0 aromatic carbocycles. The van der Waals surface area contributed by atoms with Crippen molar-refractivity contribution in [3.63, 3.8) is 0 Å². The standard InChI is InChI=1S/C22H29N5O4/c1-5-9-31-10-8-27-18-11-16(15-6-7-19(30-4)24-12-15)23-13-17(18)26-20(21(27)28)25-14-22(2,3)29/h6-7,11-13,29H,5,8-10,14H2,1-4H3,(H,25,26). The number of nitrogens with zero attached hydrogens (tertiary/aromatic N) is 4. The van der Waals surface area contributed by atoms with Crippen molar-refractivity contribution in [1.82, 2.24) is 19.5 Å². The second-order valence-corrected chi connectivity index (χ2v) is 7.84. The van der Waals surface area contributed by atoms with Gasteiger partial charge in [-0.2, -0.15) is 0 Å². The van der Waals surface area contributed by atoms with Gasteiger partial charge in [0.05, 0.1) is 36.7 Å². The molecule has 0 unspecified atom stereocenters. The highest BCUT2D eigenvalue weighted by Gasteiger charge is 2.17. The zero-order valence-corrected chi connectivity index (χ0v) is 18.4. The van der Waals surface area contributed by atoms with Crippen molar-refractivity contribution in [2.45, 2.75) is 39.3 Å². The number of hydrogen-bond acceptors (Lipinski definition) is 8. The largest absolute Gasteiger partial charge is 0.481 e. The first-order valence-corrected chi connectivity index (χ1v) is 10.3. The van der Waals surface area contributed by atoms with E-state index < -0.39 is 5.60 Å². The van der Waals surface area contributed by atoms with Crippen molar-refractivity contribution < 1.29 is 14.6 Å². The highest BCUT2D eigenvalue weighted by atomic mass is 16.5. The molecule has 9 nitrogen and oxygen atoms in total. The Kier molecular flexibility index (Phi) is 7.19. The Morgan fingerprint density at radius 2 is 2.00 bits per heavy atom. The number of rotatable bonds is 10. The molecule has 166 valence electrons. The summed E-state index contributed by atoms with van der Waals surface area (Å²) in [4.78, 5) is 26.3. The topological polar surface area (TPSA) is 111 Å². The minimum absolute atomic E-state index is 0.172. The quantitative estimate of drug-likeness (QED) is 0.475. The Bertz CT molecular complexity index is 1070. The van der Waals surface area contributed by atoms with Crippen molar-refractivity contribution in [2.24, 2.45) is 0 Å². The molecule has 2 N–H and O–H groups in total. The predicted molar refractivity (Wildman–Crippen MR) is 119 cm³/mol. The van der Waals surface area contributed by atoms with E-state index in [0.717, 1.165) is 12.0 Å². The Morgan fingerprint density at radius 1 is 1.19 bits per heavy atom. The van der Waals surface area contributed by atoms with Gasteiger partial charge in [0.2, 0.25) is 5.88 Å². The number of fused-ring (bicyclic) bond motifs is 1. The van der Waals surface area contributed by atoms with Gasteiger partial charge >= 0.3 is 0 Å². The predicted octanol–water partition coefficient (Wildman–Crippen LogP) is 2.47. The van der Waals surface area contributed by atoms with Crippen LogP contribution in [0.4, 0.5) is 5.82 Å². The molecule has 3 aromatic heterocycles. The molecule has 3 rings (SSSR count). The molecule has 0 atom stereocenters. The molecule has 0 aliphatic rings. The lowest BCUT2D eigenvalue weighted by atomic mass is 10.1. The summed E-state index contributed by atoms with van der Waals surface area (Å²) in [6.45, 7) is 6.96. The third-order valence-electron chi connectivity index (χ3n) is 4.57. The molecule has 0 saturated carbocycles. The van der Waals surface area contributed by atoms with E-state index in [-0.39, 0.29) is 17.9 Å². The summed E-state index contributed by atoms with van der Waals surface area (Å²) in [5.41, 5.74) is 1.43. The minimum atomic E-state index is -0.985. The van der Waals surface area contributed by atoms with Gasteiger partial charge in [0, 0.05) is 37.5 Å². The van der Waals surface area contributed by atoms with Gasteiger partial charge in [0.25, 0.3) is 5.56 Å². The monoisotopic (exact) mass is 427 g/mol. The Morgan fingerprint density at radius 3 is 2.65 bits per heavy atom. The van der Waals surface area contributed by atoms with E-state index in [4.69, 9.17) is 9.47 Å². The third kappa shape index (κ3) is 5.77. The molecule has 31 heavy (non-hydrogen) atoms. The van der Waals surface area contributed by atoms with Gasteiger partial charge < -0.3 is 24.5 Å². The fourth-order valence-electron chi connectivity index (χ4n) is 3.00. The van der Waals surface area contributed by atoms with Gasteiger partial charge in [0.1, 0.15) is 5.52 Å². The SMILES string of the molecule is CCCOCCn1c(=O)c(NCC(C)(C)O)nc2cnc(-c3ccc(OC)nc3)cc21. The molecule has 3 aromatic rings. The first kappa shape index (κ1) is 22.6. The Hall–Kier alpha value is -3.04. The van der Waals surface area contributed by atoms with Gasteiger partial charge in [-0.1, -0.05) is 6.92 Å². The third-order valence-corrected chi connectivity index (χ3v) is 4.57. The Labute approximate surface area is 181 Å². The maximum absolute atomic E-state index is 13.1. The minimum Gasteiger partial charge on any atom is -0.481 e. The summed E-state index contributed by atoms with van der Waals surface area (Å²) >= 11 is 0. The number of aliphatic hydroxyl groups is 1. The van der Waals surface area contributed by atoms with Crippen LogP contribution < -0.4 is 15.6 Å². The van der Waals surface area contributed by atoms with Crippen molar-refractivity contribution in [1.29, 1.82) is 0 Å². The summed E-state index contributed by atoms with van der Waals surface area (Å²) in [7, 11) is 1.56. The average molecular weight is 428 g/mol. The lowest BCUT2D eigenvalue weighted by Crippen LogP contribution is -2.34. The fourth-order valence-corrected chi connectivity index (χ4v) is 3.00. The second kappa shape index (κ2) is 9.84. The normalized spacial score (nSPS) is 11.6. The number of hydrogen-bond donors (Lipinski definition) is 2. The highest BCUT2D eigenvalue weighted by molar-refractivity contribution is 5.80. The van der Waals surface area contributed by atoms with Crippen molar-refractivity contribution in [3.05, 3.63) is 40.9 Å². The van der Waals surface area contributed by atoms with Crippen LogP contribution in [-0.2, 0) is 11.3 Å². The smallest absolute Gasteiger partial charge is 0.293 e. The van der Waals surface area contributed by atoms with Crippen molar-refractivity contribution >= 4 is 16.9 Å². The maximum Gasteiger partial charge on any atom is 0.293 e. The van der Waals surface area contributed by atoms with E-state index in [1.54, 1.807) is 44.0 Å². The summed E-state index contributed by atoms with van der Waals surface area (Å²) in [5.74, 6) is 0.685. The first-order chi connectivity index (χ1) is 14.8. The molecule has 0 spiro atoms. The van der Waals surface area contributed by atoms with Gasteiger partial charge in [-0.3, -0.25) is 9.78 Å². The van der Waals surface area contributed by atoms with Crippen LogP contribution in [0.3, 0.4) is 0 Å². The Balaban J connectivity index is 2.03. The zero-order valence-electron chi connectivity index (χ0n) is 18.4. The number of ether oxygens (including phenoxy) is 2. The van der Waals surface area contributed by atoms with E-state index in [1.165, 1.54) is 0 Å². The van der Waals surface area contributed by atoms with Crippen LogP contribution in [0.25, 0.3) is 22.3 Å². The van der Waals surface area contributed by atoms with E-state index >= 15 is 0 Å².